The lowest BCUT2D eigenvalue weighted by atomic mass is 10.0. The molecule has 0 fully saturated rings. The van der Waals surface area contributed by atoms with E-state index in [1.54, 1.807) is 6.07 Å². The minimum atomic E-state index is -4.38. The predicted molar refractivity (Wildman–Crippen MR) is 85.7 cm³/mol. The van der Waals surface area contributed by atoms with Gasteiger partial charge in [0.15, 0.2) is 0 Å². The Morgan fingerprint density at radius 3 is 2.33 bits per heavy atom. The van der Waals surface area contributed by atoms with Crippen molar-refractivity contribution in [2.45, 2.75) is 18.5 Å². The number of benzene rings is 2. The van der Waals surface area contributed by atoms with Crippen LogP contribution < -0.4 is 0 Å². The van der Waals surface area contributed by atoms with Crippen LogP contribution in [0.5, 0.6) is 0 Å². The van der Waals surface area contributed by atoms with Crippen LogP contribution in [0.15, 0.2) is 45.3 Å². The Morgan fingerprint density at radius 1 is 1.05 bits per heavy atom. The van der Waals surface area contributed by atoms with E-state index in [9.17, 15) is 13.2 Å². The zero-order valence-corrected chi connectivity index (χ0v) is 14.7. The fraction of sp³-hybridized carbons (Fsp3) is 0.200. The molecule has 0 amide bonds. The van der Waals surface area contributed by atoms with Crippen LogP contribution in [-0.2, 0) is 6.18 Å². The zero-order valence-electron chi connectivity index (χ0n) is 10.8. The van der Waals surface area contributed by atoms with Gasteiger partial charge in [0, 0.05) is 8.95 Å². The van der Waals surface area contributed by atoms with Crippen LogP contribution in [0.4, 0.5) is 13.2 Å². The van der Waals surface area contributed by atoms with Gasteiger partial charge < -0.3 is 0 Å². The van der Waals surface area contributed by atoms with Crippen LogP contribution >= 0.6 is 43.5 Å². The van der Waals surface area contributed by atoms with E-state index in [1.807, 2.05) is 19.1 Å². The van der Waals surface area contributed by atoms with E-state index in [0.29, 0.717) is 11.1 Å². The first-order valence-electron chi connectivity index (χ1n) is 5.97. The average Bonchev–Trinajstić information content (AvgIpc) is 2.41. The molecule has 0 aliphatic carbocycles. The maximum atomic E-state index is 12.8. The minimum Gasteiger partial charge on any atom is -0.166 e. The predicted octanol–water partition coefficient (Wildman–Crippen LogP) is 6.87. The Labute approximate surface area is 142 Å². The Hall–Kier alpha value is -0.520. The van der Waals surface area contributed by atoms with Gasteiger partial charge >= 0.3 is 6.18 Å². The summed E-state index contributed by atoms with van der Waals surface area (Å²) in [4.78, 5) is 0. The molecule has 2 rings (SSSR count). The minimum absolute atomic E-state index is 0.406. The summed E-state index contributed by atoms with van der Waals surface area (Å²) in [5, 5.41) is -0.668. The number of hydrogen-bond acceptors (Lipinski definition) is 0. The second kappa shape index (κ2) is 6.31. The average molecular weight is 443 g/mol. The van der Waals surface area contributed by atoms with Crippen LogP contribution in [0.25, 0.3) is 0 Å². The molecule has 1 atom stereocenters. The third kappa shape index (κ3) is 3.82. The number of hydrogen-bond donors (Lipinski definition) is 0. The normalized spacial score (nSPS) is 13.3. The molecule has 0 N–H and O–H groups in total. The van der Waals surface area contributed by atoms with Crippen molar-refractivity contribution in [1.82, 2.24) is 0 Å². The maximum absolute atomic E-state index is 12.8. The fourth-order valence-electron chi connectivity index (χ4n) is 1.91. The highest BCUT2D eigenvalue weighted by Crippen LogP contribution is 2.38. The number of alkyl halides is 4. The van der Waals surface area contributed by atoms with Crippen molar-refractivity contribution >= 4 is 43.5 Å². The van der Waals surface area contributed by atoms with Gasteiger partial charge in [0.2, 0.25) is 0 Å². The van der Waals surface area contributed by atoms with Crippen LogP contribution in [0.1, 0.15) is 27.6 Å². The summed E-state index contributed by atoms with van der Waals surface area (Å²) in [7, 11) is 0. The quantitative estimate of drug-likeness (QED) is 0.446. The lowest BCUT2D eigenvalue weighted by molar-refractivity contribution is -0.137. The summed E-state index contributed by atoms with van der Waals surface area (Å²) in [6.45, 7) is 1.92. The Balaban J connectivity index is 2.45. The Morgan fingerprint density at radius 2 is 1.71 bits per heavy atom. The molecule has 0 spiro atoms. The molecule has 0 aliphatic heterocycles. The van der Waals surface area contributed by atoms with Gasteiger partial charge in [0.1, 0.15) is 0 Å². The summed E-state index contributed by atoms with van der Waals surface area (Å²) >= 11 is 13.2. The van der Waals surface area contributed by atoms with Gasteiger partial charge in [-0.05, 0) is 47.9 Å². The lowest BCUT2D eigenvalue weighted by Crippen LogP contribution is -2.06. The van der Waals surface area contributed by atoms with Crippen LogP contribution in [-0.4, -0.2) is 0 Å². The summed E-state index contributed by atoms with van der Waals surface area (Å²) < 4.78 is 39.9. The number of aryl methyl sites for hydroxylation is 1. The summed E-state index contributed by atoms with van der Waals surface area (Å²) in [5.74, 6) is 0. The lowest BCUT2D eigenvalue weighted by Gasteiger charge is -2.16. The molecule has 0 aliphatic rings. The van der Waals surface area contributed by atoms with Crippen LogP contribution in [0.2, 0.25) is 0 Å². The second-order valence-corrected chi connectivity index (χ2v) is 6.75. The standard InChI is InChI=1S/C15H10Br2ClF3/c1-8-5-13(17)11(7-12(8)16)14(18)9-3-2-4-10(6-9)15(19,20)21/h2-7,14H,1H3. The van der Waals surface area contributed by atoms with Crippen molar-refractivity contribution in [3.05, 3.63) is 67.6 Å². The van der Waals surface area contributed by atoms with Crippen molar-refractivity contribution in [3.63, 3.8) is 0 Å². The van der Waals surface area contributed by atoms with Crippen LogP contribution in [0, 0.1) is 6.92 Å². The first-order chi connectivity index (χ1) is 9.70. The molecule has 0 nitrogen and oxygen atoms in total. The Bertz CT molecular complexity index is 668. The molecule has 0 saturated heterocycles. The van der Waals surface area contributed by atoms with Crippen molar-refractivity contribution in [1.29, 1.82) is 0 Å². The molecule has 0 aromatic heterocycles. The SMILES string of the molecule is Cc1cc(Br)c(C(Cl)c2cccc(C(F)(F)F)c2)cc1Br. The molecule has 1 unspecified atom stereocenters. The van der Waals surface area contributed by atoms with Gasteiger partial charge in [0.05, 0.1) is 10.9 Å². The van der Waals surface area contributed by atoms with E-state index in [0.717, 1.165) is 26.6 Å². The molecule has 0 radical (unpaired) electrons. The van der Waals surface area contributed by atoms with E-state index in [1.165, 1.54) is 6.07 Å². The Kier molecular flexibility index (Phi) is 5.06. The van der Waals surface area contributed by atoms with Crippen molar-refractivity contribution < 1.29 is 13.2 Å². The number of rotatable bonds is 2. The number of halogens is 6. The van der Waals surface area contributed by atoms with E-state index in [4.69, 9.17) is 11.6 Å². The second-order valence-electron chi connectivity index (χ2n) is 4.61. The van der Waals surface area contributed by atoms with Gasteiger partial charge in [-0.2, -0.15) is 13.2 Å². The third-order valence-electron chi connectivity index (χ3n) is 3.06. The first-order valence-corrected chi connectivity index (χ1v) is 7.99. The molecule has 6 heteroatoms. The molecule has 0 heterocycles. The zero-order chi connectivity index (χ0) is 15.8. The van der Waals surface area contributed by atoms with E-state index >= 15 is 0 Å². The van der Waals surface area contributed by atoms with Crippen molar-refractivity contribution in [3.8, 4) is 0 Å². The largest absolute Gasteiger partial charge is 0.416 e. The maximum Gasteiger partial charge on any atom is 0.416 e. The monoisotopic (exact) mass is 440 g/mol. The third-order valence-corrected chi connectivity index (χ3v) is 5.09. The first kappa shape index (κ1) is 16.8. The summed E-state index contributed by atoms with van der Waals surface area (Å²) in [6, 6.07) is 8.77. The highest BCUT2D eigenvalue weighted by molar-refractivity contribution is 9.11. The smallest absolute Gasteiger partial charge is 0.166 e. The molecule has 0 saturated carbocycles. The van der Waals surface area contributed by atoms with Gasteiger partial charge in [0.25, 0.3) is 0 Å². The molecular weight excluding hydrogens is 432 g/mol. The topological polar surface area (TPSA) is 0 Å². The molecule has 2 aromatic rings. The summed E-state index contributed by atoms with van der Waals surface area (Å²) in [5.41, 5.74) is 1.43. The van der Waals surface area contributed by atoms with Crippen molar-refractivity contribution in [2.75, 3.05) is 0 Å². The van der Waals surface area contributed by atoms with E-state index < -0.39 is 17.1 Å². The van der Waals surface area contributed by atoms with Crippen molar-refractivity contribution in [2.24, 2.45) is 0 Å². The van der Waals surface area contributed by atoms with Gasteiger partial charge in [-0.1, -0.05) is 44.0 Å². The molecular formula is C15H10Br2ClF3. The molecule has 2 aromatic carbocycles. The fourth-order valence-corrected chi connectivity index (χ4v) is 3.40. The van der Waals surface area contributed by atoms with Gasteiger partial charge in [-0.15, -0.1) is 11.6 Å². The van der Waals surface area contributed by atoms with E-state index in [-0.39, 0.29) is 0 Å². The highest BCUT2D eigenvalue weighted by atomic mass is 79.9. The molecule has 0 bridgehead atoms. The summed E-state index contributed by atoms with van der Waals surface area (Å²) in [6.07, 6.45) is -4.38. The molecule has 112 valence electrons. The van der Waals surface area contributed by atoms with Gasteiger partial charge in [-0.25, -0.2) is 0 Å². The van der Waals surface area contributed by atoms with Gasteiger partial charge in [-0.3, -0.25) is 0 Å². The molecule has 21 heavy (non-hydrogen) atoms. The van der Waals surface area contributed by atoms with E-state index in [2.05, 4.69) is 31.9 Å². The van der Waals surface area contributed by atoms with Crippen LogP contribution in [0.3, 0.4) is 0 Å². The highest BCUT2D eigenvalue weighted by Gasteiger charge is 2.31.